The van der Waals surface area contributed by atoms with Gasteiger partial charge in [-0.2, -0.15) is 0 Å². The molecule has 5 nitrogen and oxygen atoms in total. The molecule has 1 amide bonds. The summed E-state index contributed by atoms with van der Waals surface area (Å²) in [7, 11) is 1.49. The van der Waals surface area contributed by atoms with E-state index in [9.17, 15) is 14.0 Å². The molecular weight excluding hydrogens is 361 g/mol. The lowest BCUT2D eigenvalue weighted by Gasteiger charge is -2.12. The zero-order valence-corrected chi connectivity index (χ0v) is 15.2. The highest BCUT2D eigenvalue weighted by Gasteiger charge is 2.11. The molecule has 0 atom stereocenters. The molecule has 0 aliphatic heterocycles. The highest BCUT2D eigenvalue weighted by atomic mass is 35.5. The van der Waals surface area contributed by atoms with Crippen LogP contribution < -0.4 is 14.8 Å². The van der Waals surface area contributed by atoms with Crippen molar-refractivity contribution in [1.29, 1.82) is 0 Å². The third-order valence-corrected chi connectivity index (χ3v) is 3.89. The number of nitrogens with one attached hydrogen (secondary N) is 1. The van der Waals surface area contributed by atoms with Gasteiger partial charge in [-0.1, -0.05) is 17.7 Å². The van der Waals surface area contributed by atoms with Crippen molar-refractivity contribution >= 4 is 29.0 Å². The second-order valence-electron chi connectivity index (χ2n) is 5.52. The lowest BCUT2D eigenvalue weighted by molar-refractivity contribution is -0.116. The first kappa shape index (κ1) is 19.7. The molecule has 0 fully saturated rings. The molecule has 2 aromatic rings. The molecule has 0 saturated carbocycles. The fraction of sp³-hybridized carbons (Fsp3) is 0.263. The van der Waals surface area contributed by atoms with E-state index in [-0.39, 0.29) is 35.4 Å². The Morgan fingerprint density at radius 2 is 1.96 bits per heavy atom. The van der Waals surface area contributed by atoms with E-state index >= 15 is 0 Å². The fourth-order valence-electron chi connectivity index (χ4n) is 2.23. The number of ketones is 1. The largest absolute Gasteiger partial charge is 0.493 e. The van der Waals surface area contributed by atoms with Crippen LogP contribution in [0.3, 0.4) is 0 Å². The molecule has 0 spiro atoms. The van der Waals surface area contributed by atoms with Gasteiger partial charge in [-0.3, -0.25) is 9.59 Å². The van der Waals surface area contributed by atoms with Crippen LogP contribution in [0.1, 0.15) is 30.1 Å². The van der Waals surface area contributed by atoms with Gasteiger partial charge in [0.1, 0.15) is 0 Å². The number of amides is 1. The van der Waals surface area contributed by atoms with Gasteiger partial charge in [0.2, 0.25) is 5.91 Å². The summed E-state index contributed by atoms with van der Waals surface area (Å²) < 4.78 is 24.5. The van der Waals surface area contributed by atoms with Gasteiger partial charge < -0.3 is 14.8 Å². The standard InChI is InChI=1S/C19H19ClFNO4/c1-12(23)13-8-9-16(17(11-13)25-2)26-10-4-7-18(24)22-15-6-3-5-14(20)19(15)21/h3,5-6,8-9,11H,4,7,10H2,1-2H3,(H,22,24). The Morgan fingerprint density at radius 3 is 2.65 bits per heavy atom. The summed E-state index contributed by atoms with van der Waals surface area (Å²) in [6, 6.07) is 9.31. The highest BCUT2D eigenvalue weighted by molar-refractivity contribution is 6.31. The van der Waals surface area contributed by atoms with Gasteiger partial charge >= 0.3 is 0 Å². The number of carbonyl (C=O) groups excluding carboxylic acids is 2. The molecule has 2 rings (SSSR count). The Bertz CT molecular complexity index is 810. The molecule has 138 valence electrons. The Morgan fingerprint density at radius 1 is 1.19 bits per heavy atom. The number of hydrogen-bond donors (Lipinski definition) is 1. The van der Waals surface area contributed by atoms with Crippen LogP contribution in [0.25, 0.3) is 0 Å². The maximum absolute atomic E-state index is 13.7. The molecule has 0 bridgehead atoms. The van der Waals surface area contributed by atoms with Crippen molar-refractivity contribution in [2.45, 2.75) is 19.8 Å². The molecule has 0 aliphatic rings. The number of methoxy groups -OCH3 is 1. The average Bonchev–Trinajstić information content (AvgIpc) is 2.62. The number of halogens is 2. The van der Waals surface area contributed by atoms with Crippen molar-refractivity contribution in [2.24, 2.45) is 0 Å². The zero-order chi connectivity index (χ0) is 19.1. The van der Waals surface area contributed by atoms with Crippen LogP contribution in [0.15, 0.2) is 36.4 Å². The molecule has 0 saturated heterocycles. The molecule has 2 aromatic carbocycles. The smallest absolute Gasteiger partial charge is 0.224 e. The van der Waals surface area contributed by atoms with Crippen LogP contribution in [0.4, 0.5) is 10.1 Å². The zero-order valence-electron chi connectivity index (χ0n) is 14.5. The van der Waals surface area contributed by atoms with Crippen molar-refractivity contribution in [1.82, 2.24) is 0 Å². The lowest BCUT2D eigenvalue weighted by Crippen LogP contribution is -2.14. The molecule has 0 heterocycles. The van der Waals surface area contributed by atoms with Crippen LogP contribution in [-0.2, 0) is 4.79 Å². The second-order valence-corrected chi connectivity index (χ2v) is 5.93. The number of ether oxygens (including phenoxy) is 2. The molecule has 7 heteroatoms. The minimum absolute atomic E-state index is 0.0462. The molecule has 0 unspecified atom stereocenters. The normalized spacial score (nSPS) is 10.3. The number of benzene rings is 2. The molecule has 1 N–H and O–H groups in total. The minimum atomic E-state index is -0.658. The van der Waals surface area contributed by atoms with Crippen LogP contribution in [0.5, 0.6) is 11.5 Å². The molecule has 26 heavy (non-hydrogen) atoms. The highest BCUT2D eigenvalue weighted by Crippen LogP contribution is 2.28. The maximum atomic E-state index is 13.7. The second kappa shape index (κ2) is 9.20. The quantitative estimate of drug-likeness (QED) is 0.542. The minimum Gasteiger partial charge on any atom is -0.493 e. The van der Waals surface area contributed by atoms with Crippen LogP contribution in [-0.4, -0.2) is 25.4 Å². The summed E-state index contributed by atoms with van der Waals surface area (Å²) in [6.45, 7) is 1.73. The average molecular weight is 380 g/mol. The van der Waals surface area contributed by atoms with Gasteiger partial charge in [0.15, 0.2) is 23.1 Å². The number of rotatable bonds is 8. The summed E-state index contributed by atoms with van der Waals surface area (Å²) in [5.41, 5.74) is 0.571. The molecule has 0 radical (unpaired) electrons. The summed E-state index contributed by atoms with van der Waals surface area (Å²) in [5, 5.41) is 2.43. The van der Waals surface area contributed by atoms with Crippen molar-refractivity contribution in [3.05, 3.63) is 52.8 Å². The van der Waals surface area contributed by atoms with Crippen LogP contribution in [0, 0.1) is 5.82 Å². The van der Waals surface area contributed by atoms with Crippen molar-refractivity contribution in [3.8, 4) is 11.5 Å². The molecule has 0 aliphatic carbocycles. The van der Waals surface area contributed by atoms with E-state index in [1.54, 1.807) is 24.3 Å². The first-order valence-corrected chi connectivity index (χ1v) is 8.35. The fourth-order valence-corrected chi connectivity index (χ4v) is 2.41. The Hall–Kier alpha value is -2.60. The van der Waals surface area contributed by atoms with Gasteiger partial charge in [0.05, 0.1) is 24.4 Å². The van der Waals surface area contributed by atoms with E-state index in [0.29, 0.717) is 23.5 Å². The summed E-state index contributed by atoms with van der Waals surface area (Å²) in [5.74, 6) is -0.135. The van der Waals surface area contributed by atoms with E-state index in [1.165, 1.54) is 26.2 Å². The third kappa shape index (κ3) is 5.20. The predicted octanol–water partition coefficient (Wildman–Crippen LogP) is 4.49. The first-order chi connectivity index (χ1) is 12.4. The van der Waals surface area contributed by atoms with E-state index < -0.39 is 5.82 Å². The Kier molecular flexibility index (Phi) is 6.97. The van der Waals surface area contributed by atoms with E-state index in [2.05, 4.69) is 5.32 Å². The SMILES string of the molecule is COc1cc(C(C)=O)ccc1OCCCC(=O)Nc1cccc(Cl)c1F. The van der Waals surface area contributed by atoms with Gasteiger partial charge in [0.25, 0.3) is 0 Å². The first-order valence-electron chi connectivity index (χ1n) is 7.98. The maximum Gasteiger partial charge on any atom is 0.224 e. The predicted molar refractivity (Wildman–Crippen MR) is 97.8 cm³/mol. The van der Waals surface area contributed by atoms with Crippen LogP contribution >= 0.6 is 11.6 Å². The summed E-state index contributed by atoms with van der Waals surface area (Å²) in [4.78, 5) is 23.3. The summed E-state index contributed by atoms with van der Waals surface area (Å²) >= 11 is 5.67. The van der Waals surface area contributed by atoms with Gasteiger partial charge in [-0.25, -0.2) is 4.39 Å². The molecule has 0 aromatic heterocycles. The number of anilines is 1. The topological polar surface area (TPSA) is 64.6 Å². The van der Waals surface area contributed by atoms with E-state index in [4.69, 9.17) is 21.1 Å². The van der Waals surface area contributed by atoms with Crippen molar-refractivity contribution < 1.29 is 23.5 Å². The van der Waals surface area contributed by atoms with E-state index in [0.717, 1.165) is 0 Å². The number of carbonyl (C=O) groups is 2. The van der Waals surface area contributed by atoms with Gasteiger partial charge in [0, 0.05) is 12.0 Å². The monoisotopic (exact) mass is 379 g/mol. The van der Waals surface area contributed by atoms with Crippen molar-refractivity contribution in [2.75, 3.05) is 19.0 Å². The van der Waals surface area contributed by atoms with E-state index in [1.807, 2.05) is 0 Å². The Balaban J connectivity index is 1.84. The Labute approximate surface area is 156 Å². The number of hydrogen-bond acceptors (Lipinski definition) is 4. The van der Waals surface area contributed by atoms with Gasteiger partial charge in [-0.05, 0) is 43.7 Å². The van der Waals surface area contributed by atoms with Gasteiger partial charge in [-0.15, -0.1) is 0 Å². The molecular formula is C19H19ClFNO4. The van der Waals surface area contributed by atoms with Crippen LogP contribution in [0.2, 0.25) is 5.02 Å². The number of Topliss-reactive ketones (excluding diaryl/α,β-unsaturated/α-hetero) is 1. The van der Waals surface area contributed by atoms with Crippen molar-refractivity contribution in [3.63, 3.8) is 0 Å². The third-order valence-electron chi connectivity index (χ3n) is 3.60. The lowest BCUT2D eigenvalue weighted by atomic mass is 10.1. The summed E-state index contributed by atoms with van der Waals surface area (Å²) in [6.07, 6.45) is 0.575.